The number of nitrogens with zero attached hydrogens (tertiary/aromatic N) is 4. The summed E-state index contributed by atoms with van der Waals surface area (Å²) >= 11 is 0. The number of nitrogen functional groups attached to an aromatic ring is 1. The van der Waals surface area contributed by atoms with Gasteiger partial charge in [-0.3, -0.25) is 9.13 Å². The van der Waals surface area contributed by atoms with Gasteiger partial charge in [-0.05, 0) is 26.7 Å². The molecule has 14 heteroatoms. The van der Waals surface area contributed by atoms with Crippen LogP contribution in [0.2, 0.25) is 0 Å². The van der Waals surface area contributed by atoms with Gasteiger partial charge in [0.15, 0.2) is 22.7 Å². The zero-order valence-electron chi connectivity index (χ0n) is 19.5. The van der Waals surface area contributed by atoms with Crippen LogP contribution in [0.1, 0.15) is 53.2 Å². The molecule has 2 unspecified atom stereocenters. The molecule has 0 fully saturated rings. The van der Waals surface area contributed by atoms with Crippen molar-refractivity contribution < 1.29 is 38.8 Å². The molecule has 0 bridgehead atoms. The first-order valence-corrected chi connectivity index (χ1v) is 12.1. The number of imidazole rings is 1. The molecule has 13 nitrogen and oxygen atoms in total. The number of aliphatic hydroxyl groups excluding tert-OH is 2. The predicted octanol–water partition coefficient (Wildman–Crippen LogP) is 1.16. The van der Waals surface area contributed by atoms with E-state index in [4.69, 9.17) is 19.7 Å². The molecule has 0 aliphatic carbocycles. The monoisotopic (exact) mass is 491 g/mol. The summed E-state index contributed by atoms with van der Waals surface area (Å²) in [6, 6.07) is 0. The molecule has 0 aromatic carbocycles. The van der Waals surface area contributed by atoms with Crippen molar-refractivity contribution >= 4 is 24.7 Å². The van der Waals surface area contributed by atoms with Crippen LogP contribution in [0.15, 0.2) is 6.33 Å². The lowest BCUT2D eigenvalue weighted by Gasteiger charge is -2.36. The van der Waals surface area contributed by atoms with Gasteiger partial charge in [-0.25, -0.2) is 4.98 Å². The van der Waals surface area contributed by atoms with Gasteiger partial charge in [0.25, 0.3) is 0 Å². The van der Waals surface area contributed by atoms with Crippen molar-refractivity contribution in [2.24, 2.45) is 0 Å². The van der Waals surface area contributed by atoms with E-state index in [0.717, 1.165) is 0 Å². The first kappa shape index (κ1) is 27.4. The molecular weight excluding hydrogens is 457 g/mol. The van der Waals surface area contributed by atoms with Crippen molar-refractivity contribution in [3.8, 4) is 5.88 Å². The van der Waals surface area contributed by atoms with Crippen LogP contribution >= 0.6 is 7.60 Å². The Labute approximate surface area is 192 Å². The fourth-order valence-electron chi connectivity index (χ4n) is 2.98. The van der Waals surface area contributed by atoms with Gasteiger partial charge in [-0.15, -0.1) is 0 Å². The lowest BCUT2D eigenvalue weighted by molar-refractivity contribution is -0.107. The minimum Gasteiger partial charge on any atom is -0.479 e. The molecule has 0 saturated carbocycles. The quantitative estimate of drug-likeness (QED) is 0.251. The normalized spacial score (nSPS) is 19.4. The number of aromatic nitrogens is 4. The van der Waals surface area contributed by atoms with Crippen LogP contribution in [0.5, 0.6) is 5.88 Å². The van der Waals surface area contributed by atoms with E-state index >= 15 is 0 Å². The Balaban J connectivity index is 2.25. The molecule has 0 saturated heterocycles. The van der Waals surface area contributed by atoms with Crippen molar-refractivity contribution in [2.75, 3.05) is 26.1 Å². The Morgan fingerprint density at radius 3 is 2.48 bits per heavy atom. The Morgan fingerprint density at radius 2 is 1.94 bits per heavy atom. The fourth-order valence-corrected chi connectivity index (χ4v) is 4.40. The van der Waals surface area contributed by atoms with Crippen LogP contribution in [0.25, 0.3) is 11.2 Å². The molecule has 33 heavy (non-hydrogen) atoms. The molecule has 0 aliphatic heterocycles. The smallest absolute Gasteiger partial charge is 0.359 e. The molecule has 0 amide bonds. The molecule has 0 spiro atoms. The van der Waals surface area contributed by atoms with E-state index < -0.39 is 37.5 Å². The summed E-state index contributed by atoms with van der Waals surface area (Å²) in [7, 11) is -2.97. The van der Waals surface area contributed by atoms with Gasteiger partial charge in [0.1, 0.15) is 6.10 Å². The van der Waals surface area contributed by atoms with E-state index in [1.165, 1.54) is 24.9 Å². The SMILES string of the molecule is CCC(C)(CCO[C@H]([C@H](O)CO)n1cnc2c(OC)nc(N)nc21)OP(=O)(O)[C@@](C)(O)CC. The Bertz CT molecular complexity index is 986. The number of anilines is 1. The molecule has 2 heterocycles. The summed E-state index contributed by atoms with van der Waals surface area (Å²) in [6.45, 7) is 5.59. The van der Waals surface area contributed by atoms with Crippen LogP contribution in [-0.2, 0) is 13.8 Å². The highest BCUT2D eigenvalue weighted by atomic mass is 31.2. The Hall–Kier alpha value is -1.86. The summed E-state index contributed by atoms with van der Waals surface area (Å²) in [5.41, 5.74) is 5.14. The Kier molecular flexibility index (Phi) is 8.80. The van der Waals surface area contributed by atoms with Crippen LogP contribution in [0.3, 0.4) is 0 Å². The maximum Gasteiger partial charge on any atom is 0.359 e. The van der Waals surface area contributed by atoms with E-state index in [2.05, 4.69) is 15.0 Å². The summed E-state index contributed by atoms with van der Waals surface area (Å²) < 4.78 is 30.5. The second kappa shape index (κ2) is 10.6. The second-order valence-corrected chi connectivity index (χ2v) is 10.3. The fraction of sp³-hybridized carbons (Fsp3) is 0.737. The van der Waals surface area contributed by atoms with Gasteiger partial charge >= 0.3 is 7.60 Å². The van der Waals surface area contributed by atoms with Gasteiger partial charge in [0.2, 0.25) is 11.8 Å². The van der Waals surface area contributed by atoms with Crippen molar-refractivity contribution in [1.29, 1.82) is 0 Å². The van der Waals surface area contributed by atoms with E-state index in [1.54, 1.807) is 20.8 Å². The number of methoxy groups -OCH3 is 1. The van der Waals surface area contributed by atoms with Gasteiger partial charge in [-0.1, -0.05) is 13.8 Å². The summed E-state index contributed by atoms with van der Waals surface area (Å²) in [5.74, 6) is 0.0640. The maximum absolute atomic E-state index is 12.6. The summed E-state index contributed by atoms with van der Waals surface area (Å²) in [4.78, 5) is 22.6. The van der Waals surface area contributed by atoms with Gasteiger partial charge in [-0.2, -0.15) is 9.97 Å². The standard InChI is InChI=1S/C19H34N5O8P/c1-6-18(3,32-33(28,29)19(4,27)7-2)8-9-31-16(12(26)10-25)24-11-21-13-14(24)22-17(20)23-15(13)30-5/h11-12,16,25-27H,6-10H2,1-5H3,(H,28,29)(H2,20,22,23)/t12-,16-,18?,19-/m1/s1. The van der Waals surface area contributed by atoms with Crippen LogP contribution in [-0.4, -0.2) is 77.1 Å². The van der Waals surface area contributed by atoms with Gasteiger partial charge in [0.05, 0.1) is 32.3 Å². The zero-order chi connectivity index (χ0) is 25.0. The maximum atomic E-state index is 12.6. The van der Waals surface area contributed by atoms with Gasteiger partial charge < -0.3 is 39.9 Å². The molecule has 0 radical (unpaired) electrons. The average Bonchev–Trinajstić information content (AvgIpc) is 3.18. The van der Waals surface area contributed by atoms with E-state index in [1.807, 2.05) is 0 Å². The lowest BCUT2D eigenvalue weighted by atomic mass is 10.0. The number of aliphatic hydroxyl groups is 3. The molecule has 5 atom stereocenters. The number of hydrogen-bond acceptors (Lipinski definition) is 11. The predicted molar refractivity (Wildman–Crippen MR) is 120 cm³/mol. The molecule has 2 aromatic rings. The summed E-state index contributed by atoms with van der Waals surface area (Å²) in [6.07, 6.45) is -0.577. The highest BCUT2D eigenvalue weighted by Crippen LogP contribution is 2.58. The topological polar surface area (TPSA) is 195 Å². The first-order chi connectivity index (χ1) is 15.3. The van der Waals surface area contributed by atoms with E-state index in [-0.39, 0.29) is 42.4 Å². The lowest BCUT2D eigenvalue weighted by Crippen LogP contribution is -2.35. The minimum atomic E-state index is -4.37. The molecule has 6 N–H and O–H groups in total. The third-order valence-electron chi connectivity index (χ3n) is 5.68. The van der Waals surface area contributed by atoms with Crippen molar-refractivity contribution in [2.45, 2.75) is 70.2 Å². The van der Waals surface area contributed by atoms with E-state index in [0.29, 0.717) is 6.42 Å². The average molecular weight is 491 g/mol. The molecule has 2 rings (SSSR count). The highest BCUT2D eigenvalue weighted by Gasteiger charge is 2.46. The largest absolute Gasteiger partial charge is 0.479 e. The third kappa shape index (κ3) is 5.99. The number of rotatable bonds is 13. The third-order valence-corrected chi connectivity index (χ3v) is 7.90. The van der Waals surface area contributed by atoms with Gasteiger partial charge in [0, 0.05) is 6.42 Å². The van der Waals surface area contributed by atoms with Crippen LogP contribution in [0, 0.1) is 0 Å². The van der Waals surface area contributed by atoms with Crippen molar-refractivity contribution in [3.63, 3.8) is 0 Å². The van der Waals surface area contributed by atoms with E-state index in [9.17, 15) is 24.8 Å². The molecular formula is C19H34N5O8P. The number of hydrogen-bond donors (Lipinski definition) is 5. The number of fused-ring (bicyclic) bond motifs is 1. The zero-order valence-corrected chi connectivity index (χ0v) is 20.4. The van der Waals surface area contributed by atoms with Crippen molar-refractivity contribution in [1.82, 2.24) is 19.5 Å². The Morgan fingerprint density at radius 1 is 1.27 bits per heavy atom. The highest BCUT2D eigenvalue weighted by molar-refractivity contribution is 7.54. The molecule has 2 aromatic heterocycles. The number of nitrogens with two attached hydrogens (primary N) is 1. The van der Waals surface area contributed by atoms with Crippen LogP contribution < -0.4 is 10.5 Å². The van der Waals surface area contributed by atoms with Crippen LogP contribution in [0.4, 0.5) is 5.95 Å². The number of ether oxygens (including phenoxy) is 2. The first-order valence-electron chi connectivity index (χ1n) is 10.5. The minimum absolute atomic E-state index is 0.0301. The molecule has 0 aliphatic rings. The van der Waals surface area contributed by atoms with Crippen molar-refractivity contribution in [3.05, 3.63) is 6.33 Å². The molecule has 188 valence electrons. The second-order valence-electron chi connectivity index (χ2n) is 8.16. The summed E-state index contributed by atoms with van der Waals surface area (Å²) in [5, 5.41) is 28.3.